The molecule has 0 N–H and O–H groups in total. The third-order valence-corrected chi connectivity index (χ3v) is 1.55. The molecule has 4 nitrogen and oxygen atoms in total. The Hall–Kier alpha value is -1.45. The van der Waals surface area contributed by atoms with E-state index in [1.165, 1.54) is 0 Å². The van der Waals surface area contributed by atoms with Crippen molar-refractivity contribution in [2.24, 2.45) is 0 Å². The van der Waals surface area contributed by atoms with E-state index in [2.05, 4.69) is 15.3 Å². The predicted octanol–water partition coefficient (Wildman–Crippen LogP) is 3.82. The van der Waals surface area contributed by atoms with E-state index >= 15 is 0 Å². The number of fused-ring (bicyclic) bond motifs is 1. The molecule has 98 valence electrons. The Balaban J connectivity index is 0. The minimum atomic E-state index is 0.799. The summed E-state index contributed by atoms with van der Waals surface area (Å²) < 4.78 is 1.73. The predicted molar refractivity (Wildman–Crippen MR) is 74.3 cm³/mol. The van der Waals surface area contributed by atoms with Gasteiger partial charge in [-0.05, 0) is 26.0 Å². The van der Waals surface area contributed by atoms with Crippen molar-refractivity contribution in [3.05, 3.63) is 23.7 Å². The summed E-state index contributed by atoms with van der Waals surface area (Å²) in [7, 11) is 0. The van der Waals surface area contributed by atoms with Gasteiger partial charge >= 0.3 is 0 Å². The van der Waals surface area contributed by atoms with Crippen molar-refractivity contribution in [1.82, 2.24) is 19.8 Å². The van der Waals surface area contributed by atoms with Gasteiger partial charge in [0, 0.05) is 0 Å². The molecular formula is C13H26N4. The van der Waals surface area contributed by atoms with E-state index in [9.17, 15) is 0 Å². The SMILES string of the molecule is CC.CC.CC.Cc1ccc2nnc(C)n2n1. The van der Waals surface area contributed by atoms with Crippen molar-refractivity contribution in [2.75, 3.05) is 0 Å². The van der Waals surface area contributed by atoms with Crippen LogP contribution in [0.2, 0.25) is 0 Å². The molecule has 0 bridgehead atoms. The summed E-state index contributed by atoms with van der Waals surface area (Å²) >= 11 is 0. The summed E-state index contributed by atoms with van der Waals surface area (Å²) in [5.74, 6) is 0.823. The van der Waals surface area contributed by atoms with Crippen LogP contribution in [-0.2, 0) is 0 Å². The van der Waals surface area contributed by atoms with E-state index in [1.54, 1.807) is 4.52 Å². The molecule has 0 aliphatic heterocycles. The standard InChI is InChI=1S/C7H8N4.3C2H6/c1-5-3-4-7-9-8-6(2)11(7)10-5;3*1-2/h3-4H,1-2H3;3*1-2H3. The first-order valence-corrected chi connectivity index (χ1v) is 6.43. The summed E-state index contributed by atoms with van der Waals surface area (Å²) in [5, 5.41) is 12.0. The maximum Gasteiger partial charge on any atom is 0.177 e. The summed E-state index contributed by atoms with van der Waals surface area (Å²) in [4.78, 5) is 0. The lowest BCUT2D eigenvalue weighted by Crippen LogP contribution is -1.95. The fraction of sp³-hybridized carbons (Fsp3) is 0.615. The third-order valence-electron chi connectivity index (χ3n) is 1.55. The van der Waals surface area contributed by atoms with Gasteiger partial charge < -0.3 is 0 Å². The van der Waals surface area contributed by atoms with Crippen LogP contribution in [0.1, 0.15) is 53.1 Å². The molecule has 0 saturated carbocycles. The largest absolute Gasteiger partial charge is 0.197 e. The van der Waals surface area contributed by atoms with Crippen molar-refractivity contribution in [3.63, 3.8) is 0 Å². The number of hydrogen-bond acceptors (Lipinski definition) is 3. The molecule has 2 aromatic rings. The zero-order chi connectivity index (χ0) is 13.8. The molecule has 0 fully saturated rings. The second-order valence-corrected chi connectivity index (χ2v) is 2.49. The molecule has 2 rings (SSSR count). The molecule has 0 saturated heterocycles. The zero-order valence-corrected chi connectivity index (χ0v) is 12.4. The van der Waals surface area contributed by atoms with E-state index in [1.807, 2.05) is 67.5 Å². The fourth-order valence-corrected chi connectivity index (χ4v) is 0.988. The minimum Gasteiger partial charge on any atom is -0.197 e. The smallest absolute Gasteiger partial charge is 0.177 e. The molecule has 0 aromatic carbocycles. The van der Waals surface area contributed by atoms with Gasteiger partial charge in [-0.1, -0.05) is 41.5 Å². The molecule has 0 amide bonds. The van der Waals surface area contributed by atoms with Gasteiger partial charge in [-0.2, -0.15) is 9.61 Å². The van der Waals surface area contributed by atoms with Crippen molar-refractivity contribution in [2.45, 2.75) is 55.4 Å². The topological polar surface area (TPSA) is 43.1 Å². The first-order valence-electron chi connectivity index (χ1n) is 6.43. The van der Waals surface area contributed by atoms with Crippen LogP contribution in [0.15, 0.2) is 12.1 Å². The van der Waals surface area contributed by atoms with Crippen molar-refractivity contribution < 1.29 is 0 Å². The number of aryl methyl sites for hydroxylation is 2. The van der Waals surface area contributed by atoms with Gasteiger partial charge in [0.2, 0.25) is 0 Å². The van der Waals surface area contributed by atoms with E-state index < -0.39 is 0 Å². The van der Waals surface area contributed by atoms with Gasteiger partial charge in [0.25, 0.3) is 0 Å². The highest BCUT2D eigenvalue weighted by Gasteiger charge is 1.99. The van der Waals surface area contributed by atoms with Crippen LogP contribution in [0.4, 0.5) is 0 Å². The van der Waals surface area contributed by atoms with Crippen molar-refractivity contribution in [1.29, 1.82) is 0 Å². The maximum atomic E-state index is 4.23. The highest BCUT2D eigenvalue weighted by Crippen LogP contribution is 2.00. The van der Waals surface area contributed by atoms with Crippen LogP contribution in [-0.4, -0.2) is 19.8 Å². The van der Waals surface area contributed by atoms with Gasteiger partial charge in [0.15, 0.2) is 11.5 Å². The number of rotatable bonds is 0. The van der Waals surface area contributed by atoms with Gasteiger partial charge in [-0.15, -0.1) is 10.2 Å². The second-order valence-electron chi connectivity index (χ2n) is 2.49. The highest BCUT2D eigenvalue weighted by atomic mass is 15.4. The van der Waals surface area contributed by atoms with E-state index in [-0.39, 0.29) is 0 Å². The third kappa shape index (κ3) is 5.43. The molecule has 4 heteroatoms. The average Bonchev–Trinajstić information content (AvgIpc) is 2.78. The van der Waals surface area contributed by atoms with Crippen LogP contribution in [0.3, 0.4) is 0 Å². The lowest BCUT2D eigenvalue weighted by molar-refractivity contribution is 0.851. The van der Waals surface area contributed by atoms with Gasteiger partial charge in [0.05, 0.1) is 5.69 Å². The Kier molecular flexibility index (Phi) is 11.7. The average molecular weight is 238 g/mol. The highest BCUT2D eigenvalue weighted by molar-refractivity contribution is 5.35. The van der Waals surface area contributed by atoms with Crippen LogP contribution in [0.25, 0.3) is 5.65 Å². The second kappa shape index (κ2) is 11.0. The molecule has 0 radical (unpaired) electrons. The zero-order valence-electron chi connectivity index (χ0n) is 12.4. The molecular weight excluding hydrogens is 212 g/mol. The Bertz CT molecular complexity index is 393. The molecule has 0 aliphatic rings. The number of aromatic nitrogens is 4. The van der Waals surface area contributed by atoms with Gasteiger partial charge in [0.1, 0.15) is 0 Å². The van der Waals surface area contributed by atoms with Gasteiger partial charge in [-0.25, -0.2) is 0 Å². The molecule has 0 unspecified atom stereocenters. The molecule has 2 heterocycles. The van der Waals surface area contributed by atoms with Gasteiger partial charge in [-0.3, -0.25) is 0 Å². The Morgan fingerprint density at radius 3 is 1.88 bits per heavy atom. The monoisotopic (exact) mass is 238 g/mol. The number of hydrogen-bond donors (Lipinski definition) is 0. The van der Waals surface area contributed by atoms with Crippen LogP contribution in [0.5, 0.6) is 0 Å². The molecule has 0 aliphatic carbocycles. The maximum absolute atomic E-state index is 4.23. The van der Waals surface area contributed by atoms with Crippen LogP contribution in [0, 0.1) is 13.8 Å². The number of nitrogens with zero attached hydrogens (tertiary/aromatic N) is 4. The molecule has 0 spiro atoms. The minimum absolute atomic E-state index is 0.799. The quantitative estimate of drug-likeness (QED) is 0.700. The fourth-order valence-electron chi connectivity index (χ4n) is 0.988. The lowest BCUT2D eigenvalue weighted by Gasteiger charge is -1.93. The molecule has 0 atom stereocenters. The Morgan fingerprint density at radius 2 is 1.35 bits per heavy atom. The van der Waals surface area contributed by atoms with E-state index in [0.29, 0.717) is 0 Å². The molecule has 17 heavy (non-hydrogen) atoms. The first-order chi connectivity index (χ1) is 8.27. The van der Waals surface area contributed by atoms with E-state index in [0.717, 1.165) is 17.2 Å². The van der Waals surface area contributed by atoms with E-state index in [4.69, 9.17) is 0 Å². The van der Waals surface area contributed by atoms with Crippen molar-refractivity contribution >= 4 is 5.65 Å². The summed E-state index contributed by atoms with van der Waals surface area (Å²) in [6, 6.07) is 3.83. The summed E-state index contributed by atoms with van der Waals surface area (Å²) in [6.07, 6.45) is 0. The van der Waals surface area contributed by atoms with Crippen molar-refractivity contribution in [3.8, 4) is 0 Å². The first kappa shape index (κ1) is 17.9. The normalized spacial score (nSPS) is 8.00. The molecule has 2 aromatic heterocycles. The summed E-state index contributed by atoms with van der Waals surface area (Å²) in [6.45, 7) is 15.8. The van der Waals surface area contributed by atoms with Crippen LogP contribution < -0.4 is 0 Å². The summed E-state index contributed by atoms with van der Waals surface area (Å²) in [5.41, 5.74) is 1.77. The Morgan fingerprint density at radius 1 is 0.824 bits per heavy atom. The van der Waals surface area contributed by atoms with Crippen LogP contribution >= 0.6 is 0 Å². The Labute approximate surface area is 105 Å². The lowest BCUT2D eigenvalue weighted by atomic mass is 10.4.